The minimum atomic E-state index is -4.54. The fraction of sp³-hybridized carbons (Fsp3) is 0.0714. The molecule has 1 aliphatic carbocycles. The van der Waals surface area contributed by atoms with Crippen molar-refractivity contribution in [1.29, 1.82) is 0 Å². The average Bonchev–Trinajstić information content (AvgIpc) is 2.51. The molecule has 0 saturated heterocycles. The lowest BCUT2D eigenvalue weighted by atomic mass is 10.0. The van der Waals surface area contributed by atoms with E-state index < -0.39 is 25.1 Å². The van der Waals surface area contributed by atoms with E-state index in [1.165, 1.54) is 42.5 Å². The molecule has 24 heavy (non-hydrogen) atoms. The van der Waals surface area contributed by atoms with Gasteiger partial charge in [0.15, 0.2) is 0 Å². The van der Waals surface area contributed by atoms with E-state index in [1.807, 2.05) is 0 Å². The maximum atomic E-state index is 11.5. The molecule has 0 atom stereocenters. The quantitative estimate of drug-likeness (QED) is 0.470. The van der Waals surface area contributed by atoms with Crippen LogP contribution in [-0.4, -0.2) is 36.4 Å². The second-order valence-corrected chi connectivity index (χ2v) is 7.63. The van der Waals surface area contributed by atoms with E-state index in [9.17, 15) is 25.9 Å². The van der Waals surface area contributed by atoms with Crippen molar-refractivity contribution < 1.29 is 30.7 Å². The highest BCUT2D eigenvalue weighted by Crippen LogP contribution is 2.24. The third-order valence-corrected chi connectivity index (χ3v) is 5.13. The highest BCUT2D eigenvalue weighted by molar-refractivity contribution is 7.89. The van der Waals surface area contributed by atoms with Crippen LogP contribution in [0.2, 0.25) is 0 Å². The number of hydrogen-bond donors (Lipinski definition) is 2. The molecule has 0 amide bonds. The van der Waals surface area contributed by atoms with E-state index in [0.717, 1.165) is 0 Å². The Kier molecular flexibility index (Phi) is 4.97. The first-order valence-electron chi connectivity index (χ1n) is 6.47. The maximum absolute atomic E-state index is 11.5. The first kappa shape index (κ1) is 18.0. The van der Waals surface area contributed by atoms with Crippen LogP contribution >= 0.6 is 0 Å². The molecule has 8 nitrogen and oxygen atoms in total. The summed E-state index contributed by atoms with van der Waals surface area (Å²) >= 11 is 0. The van der Waals surface area contributed by atoms with Gasteiger partial charge in [0.25, 0.3) is 25.9 Å². The largest absolute Gasteiger partial charge is 0.361 e. The smallest absolute Gasteiger partial charge is 0.297 e. The Bertz CT molecular complexity index is 1030. The lowest BCUT2D eigenvalue weighted by Crippen LogP contribution is -2.12. The highest BCUT2D eigenvalue weighted by atomic mass is 32.2. The second-order valence-electron chi connectivity index (χ2n) is 4.80. The van der Waals surface area contributed by atoms with Gasteiger partial charge in [0.2, 0.25) is 0 Å². The average molecular weight is 368 g/mol. The fourth-order valence-electron chi connectivity index (χ4n) is 2.09. The highest BCUT2D eigenvalue weighted by Gasteiger charge is 2.25. The summed E-state index contributed by atoms with van der Waals surface area (Å²) in [7, 11) is -8.99. The SMILES string of the molecule is [N-]=[N+]=C1C=CC(C=Cc2ccccc2S(=O)(=O)O)=C(S(=O)(=O)O)C1. The molecule has 0 radical (unpaired) electrons. The van der Waals surface area contributed by atoms with Crippen LogP contribution in [0.3, 0.4) is 0 Å². The van der Waals surface area contributed by atoms with Crippen LogP contribution in [-0.2, 0) is 20.2 Å². The molecule has 0 fully saturated rings. The lowest BCUT2D eigenvalue weighted by molar-refractivity contribution is -0.00552. The summed E-state index contributed by atoms with van der Waals surface area (Å²) in [6.45, 7) is 0. The molecule has 1 aromatic carbocycles. The Morgan fingerprint density at radius 3 is 2.25 bits per heavy atom. The van der Waals surface area contributed by atoms with Gasteiger partial charge in [-0.05, 0) is 23.3 Å². The Balaban J connectivity index is 2.54. The lowest BCUT2D eigenvalue weighted by Gasteiger charge is -2.08. The fourth-order valence-corrected chi connectivity index (χ4v) is 3.54. The van der Waals surface area contributed by atoms with Gasteiger partial charge in [-0.3, -0.25) is 9.11 Å². The minimum Gasteiger partial charge on any atom is -0.361 e. The molecule has 0 unspecified atom stereocenters. The Labute approximate surface area is 138 Å². The number of rotatable bonds is 4. The van der Waals surface area contributed by atoms with Crippen molar-refractivity contribution in [3.63, 3.8) is 0 Å². The van der Waals surface area contributed by atoms with Crippen molar-refractivity contribution in [3.05, 3.63) is 64.1 Å². The molecule has 10 heteroatoms. The van der Waals surface area contributed by atoms with E-state index in [-0.39, 0.29) is 28.2 Å². The van der Waals surface area contributed by atoms with Crippen molar-refractivity contribution in [1.82, 2.24) is 0 Å². The van der Waals surface area contributed by atoms with Gasteiger partial charge in [0.05, 0.1) is 11.3 Å². The topological polar surface area (TPSA) is 145 Å². The maximum Gasteiger partial charge on any atom is 0.297 e. The zero-order valence-corrected chi connectivity index (χ0v) is 13.7. The van der Waals surface area contributed by atoms with E-state index in [0.29, 0.717) is 0 Å². The van der Waals surface area contributed by atoms with E-state index >= 15 is 0 Å². The standard InChI is InChI=1S/C14H12N2O6S2/c15-16-12-8-7-11(14(9-12)24(20,21)22)6-5-10-3-1-2-4-13(10)23(17,18)19/h1-8H,9H2,(H,17,18,19)(H,20,21,22). The van der Waals surface area contributed by atoms with Crippen LogP contribution < -0.4 is 0 Å². The van der Waals surface area contributed by atoms with Crippen LogP contribution in [0.5, 0.6) is 0 Å². The van der Waals surface area contributed by atoms with Gasteiger partial charge in [-0.1, -0.05) is 30.4 Å². The predicted molar refractivity (Wildman–Crippen MR) is 86.2 cm³/mol. The van der Waals surface area contributed by atoms with Crippen LogP contribution in [0.15, 0.2) is 57.9 Å². The van der Waals surface area contributed by atoms with E-state index in [4.69, 9.17) is 5.53 Å². The van der Waals surface area contributed by atoms with Crippen LogP contribution in [0.25, 0.3) is 11.6 Å². The number of hydrogen-bond acceptors (Lipinski definition) is 4. The van der Waals surface area contributed by atoms with Gasteiger partial charge in [-0.25, -0.2) is 0 Å². The summed E-state index contributed by atoms with van der Waals surface area (Å²) in [5, 5.41) is 0. The Hall–Kier alpha value is -2.36. The molecule has 0 heterocycles. The van der Waals surface area contributed by atoms with Crippen molar-refractivity contribution in [2.45, 2.75) is 11.3 Å². The molecular formula is C14H12N2O6S2. The van der Waals surface area contributed by atoms with Gasteiger partial charge in [-0.2, -0.15) is 21.6 Å². The number of benzene rings is 1. The first-order chi connectivity index (χ1) is 11.1. The third kappa shape index (κ3) is 4.13. The molecule has 0 aromatic heterocycles. The Morgan fingerprint density at radius 2 is 1.67 bits per heavy atom. The van der Waals surface area contributed by atoms with Gasteiger partial charge in [0.1, 0.15) is 4.90 Å². The minimum absolute atomic E-state index is 0.0399. The summed E-state index contributed by atoms with van der Waals surface area (Å²) in [5.41, 5.74) is 8.99. The van der Waals surface area contributed by atoms with Crippen molar-refractivity contribution in [2.75, 3.05) is 0 Å². The molecule has 0 aliphatic heterocycles. The van der Waals surface area contributed by atoms with Crippen LogP contribution in [0.1, 0.15) is 12.0 Å². The molecule has 1 aromatic rings. The monoisotopic (exact) mass is 368 g/mol. The van der Waals surface area contributed by atoms with E-state index in [1.54, 1.807) is 6.07 Å². The summed E-state index contributed by atoms with van der Waals surface area (Å²) in [4.78, 5) is 2.16. The number of allylic oxidation sites excluding steroid dienone is 5. The van der Waals surface area contributed by atoms with Gasteiger partial charge < -0.3 is 5.53 Å². The molecule has 126 valence electrons. The molecule has 1 aliphatic rings. The summed E-state index contributed by atoms with van der Waals surface area (Å²) in [6.07, 6.45) is 4.90. The van der Waals surface area contributed by atoms with E-state index in [2.05, 4.69) is 4.79 Å². The summed E-state index contributed by atoms with van der Waals surface area (Å²) in [5.74, 6) is 0. The third-order valence-electron chi connectivity index (χ3n) is 3.20. The first-order valence-corrected chi connectivity index (χ1v) is 9.35. The molecule has 2 rings (SSSR count). The van der Waals surface area contributed by atoms with Gasteiger partial charge in [0, 0.05) is 6.08 Å². The summed E-state index contributed by atoms with van der Waals surface area (Å²) in [6, 6.07) is 5.58. The zero-order chi connectivity index (χ0) is 18.0. The normalized spacial score (nSPS) is 15.8. The number of nitrogens with zero attached hydrogens (tertiary/aromatic N) is 2. The van der Waals surface area contributed by atoms with Gasteiger partial charge >= 0.3 is 0 Å². The molecule has 0 bridgehead atoms. The van der Waals surface area contributed by atoms with Crippen LogP contribution in [0, 0.1) is 0 Å². The van der Waals surface area contributed by atoms with Crippen LogP contribution in [0.4, 0.5) is 0 Å². The molecule has 0 spiro atoms. The van der Waals surface area contributed by atoms with Crippen molar-refractivity contribution in [2.24, 2.45) is 0 Å². The molecule has 2 N–H and O–H groups in total. The molecular weight excluding hydrogens is 356 g/mol. The van der Waals surface area contributed by atoms with Crippen molar-refractivity contribution >= 4 is 32.0 Å². The Morgan fingerprint density at radius 1 is 1.00 bits per heavy atom. The molecule has 0 saturated carbocycles. The summed E-state index contributed by atoms with van der Waals surface area (Å²) < 4.78 is 64.0. The van der Waals surface area contributed by atoms with Crippen molar-refractivity contribution in [3.8, 4) is 0 Å². The predicted octanol–water partition coefficient (Wildman–Crippen LogP) is 1.72. The second kappa shape index (κ2) is 6.63. The van der Waals surface area contributed by atoms with Gasteiger partial charge in [-0.15, -0.1) is 0 Å². The zero-order valence-electron chi connectivity index (χ0n) is 12.1.